The number of methoxy groups -OCH3 is 2. The van der Waals surface area contributed by atoms with Crippen molar-refractivity contribution >= 4 is 0 Å². The van der Waals surface area contributed by atoms with Crippen molar-refractivity contribution in [3.63, 3.8) is 0 Å². The smallest absolute Gasteiger partial charge is 0.127 e. The maximum Gasteiger partial charge on any atom is 0.127 e. The van der Waals surface area contributed by atoms with E-state index in [9.17, 15) is 4.39 Å². The van der Waals surface area contributed by atoms with E-state index in [1.165, 1.54) is 12.1 Å². The van der Waals surface area contributed by atoms with Gasteiger partial charge in [0, 0.05) is 46.0 Å². The largest absolute Gasteiger partial charge is 0.385 e. The molecule has 0 spiro atoms. The van der Waals surface area contributed by atoms with Gasteiger partial charge in [-0.2, -0.15) is 5.26 Å². The Balaban J connectivity index is 2.69. The molecule has 0 saturated carbocycles. The predicted octanol–water partition coefficient (Wildman–Crippen LogP) is 2.18. The van der Waals surface area contributed by atoms with Gasteiger partial charge in [0.2, 0.25) is 0 Å². The molecule has 0 aliphatic carbocycles. The van der Waals surface area contributed by atoms with E-state index in [-0.39, 0.29) is 5.82 Å². The first kappa shape index (κ1) is 16.6. The lowest BCUT2D eigenvalue weighted by molar-refractivity contribution is 0.128. The van der Waals surface area contributed by atoms with Crippen LogP contribution in [-0.2, 0) is 16.0 Å². The number of nitriles is 1. The molecule has 0 heterocycles. The van der Waals surface area contributed by atoms with Gasteiger partial charge < -0.3 is 9.47 Å². The Bertz CT molecular complexity index is 446. The fourth-order valence-corrected chi connectivity index (χ4v) is 1.93. The Hall–Kier alpha value is -1.48. The topological polar surface area (TPSA) is 45.5 Å². The van der Waals surface area contributed by atoms with Crippen LogP contribution in [0.5, 0.6) is 0 Å². The fraction of sp³-hybridized carbons (Fsp3) is 0.533. The molecule has 1 aromatic carbocycles. The molecule has 0 aromatic heterocycles. The standard InChI is InChI=1S/C15H21FN2O2/c1-19-8-3-6-18(7-9-20-2)12-14-10-13(11-17)4-5-15(14)16/h4-5,10H,3,6-9,12H2,1-2H3. The van der Waals surface area contributed by atoms with Crippen LogP contribution >= 0.6 is 0 Å². The lowest BCUT2D eigenvalue weighted by atomic mass is 10.1. The van der Waals surface area contributed by atoms with Gasteiger partial charge in [0.1, 0.15) is 5.82 Å². The summed E-state index contributed by atoms with van der Waals surface area (Å²) in [6.45, 7) is 3.25. The molecule has 0 unspecified atom stereocenters. The molecule has 0 aliphatic heterocycles. The van der Waals surface area contributed by atoms with Crippen LogP contribution < -0.4 is 0 Å². The van der Waals surface area contributed by atoms with Gasteiger partial charge in [0.25, 0.3) is 0 Å². The van der Waals surface area contributed by atoms with E-state index < -0.39 is 0 Å². The first-order valence-corrected chi connectivity index (χ1v) is 6.60. The number of nitrogens with zero attached hydrogens (tertiary/aromatic N) is 2. The zero-order valence-electron chi connectivity index (χ0n) is 12.1. The first-order valence-electron chi connectivity index (χ1n) is 6.60. The second-order valence-corrected chi connectivity index (χ2v) is 4.53. The third-order valence-electron chi connectivity index (χ3n) is 3.00. The van der Waals surface area contributed by atoms with Gasteiger partial charge >= 0.3 is 0 Å². The van der Waals surface area contributed by atoms with Gasteiger partial charge in [-0.05, 0) is 24.6 Å². The minimum atomic E-state index is -0.279. The van der Waals surface area contributed by atoms with Crippen molar-refractivity contribution in [3.8, 4) is 6.07 Å². The molecule has 0 amide bonds. The molecule has 0 fully saturated rings. The van der Waals surface area contributed by atoms with Gasteiger partial charge in [-0.3, -0.25) is 4.90 Å². The zero-order valence-corrected chi connectivity index (χ0v) is 12.1. The Kier molecular flexibility index (Phi) is 7.81. The summed E-state index contributed by atoms with van der Waals surface area (Å²) in [4.78, 5) is 2.10. The van der Waals surface area contributed by atoms with Crippen LogP contribution in [0.4, 0.5) is 4.39 Å². The molecule has 110 valence electrons. The van der Waals surface area contributed by atoms with Crippen LogP contribution in [0.3, 0.4) is 0 Å². The van der Waals surface area contributed by atoms with Crippen molar-refractivity contribution in [2.45, 2.75) is 13.0 Å². The van der Waals surface area contributed by atoms with Gasteiger partial charge in [0.15, 0.2) is 0 Å². The number of hydrogen-bond acceptors (Lipinski definition) is 4. The summed E-state index contributed by atoms with van der Waals surface area (Å²) >= 11 is 0. The fourth-order valence-electron chi connectivity index (χ4n) is 1.93. The Morgan fingerprint density at radius 3 is 2.60 bits per heavy atom. The van der Waals surface area contributed by atoms with Crippen LogP contribution in [0, 0.1) is 17.1 Å². The van der Waals surface area contributed by atoms with Crippen LogP contribution in [0.15, 0.2) is 18.2 Å². The molecule has 5 heteroatoms. The molecule has 20 heavy (non-hydrogen) atoms. The second-order valence-electron chi connectivity index (χ2n) is 4.53. The summed E-state index contributed by atoms with van der Waals surface area (Å²) in [6, 6.07) is 6.47. The molecular weight excluding hydrogens is 259 g/mol. The molecule has 0 radical (unpaired) electrons. The lowest BCUT2D eigenvalue weighted by Crippen LogP contribution is -2.29. The quantitative estimate of drug-likeness (QED) is 0.650. The summed E-state index contributed by atoms with van der Waals surface area (Å²) in [6.07, 6.45) is 0.875. The molecule has 1 aromatic rings. The van der Waals surface area contributed by atoms with E-state index in [0.717, 1.165) is 19.5 Å². The summed E-state index contributed by atoms with van der Waals surface area (Å²) in [5, 5.41) is 8.88. The highest BCUT2D eigenvalue weighted by atomic mass is 19.1. The van der Waals surface area contributed by atoms with E-state index in [1.807, 2.05) is 6.07 Å². The maximum atomic E-state index is 13.8. The normalized spacial score (nSPS) is 10.8. The maximum absolute atomic E-state index is 13.8. The molecule has 0 bridgehead atoms. The zero-order chi connectivity index (χ0) is 14.8. The van der Waals surface area contributed by atoms with Gasteiger partial charge in [-0.1, -0.05) is 0 Å². The van der Waals surface area contributed by atoms with Crippen LogP contribution in [0.25, 0.3) is 0 Å². The van der Waals surface area contributed by atoms with Gasteiger partial charge in [-0.15, -0.1) is 0 Å². The number of rotatable bonds is 9. The van der Waals surface area contributed by atoms with Crippen LogP contribution in [0.2, 0.25) is 0 Å². The molecule has 0 N–H and O–H groups in total. The molecule has 0 saturated heterocycles. The highest BCUT2D eigenvalue weighted by molar-refractivity contribution is 5.33. The Labute approximate surface area is 119 Å². The van der Waals surface area contributed by atoms with Crippen molar-refractivity contribution in [1.29, 1.82) is 5.26 Å². The van der Waals surface area contributed by atoms with Crippen molar-refractivity contribution in [2.24, 2.45) is 0 Å². The minimum absolute atomic E-state index is 0.279. The van der Waals surface area contributed by atoms with E-state index >= 15 is 0 Å². The molecule has 1 rings (SSSR count). The van der Waals surface area contributed by atoms with E-state index in [0.29, 0.717) is 30.9 Å². The van der Waals surface area contributed by atoms with Crippen molar-refractivity contribution in [2.75, 3.05) is 40.5 Å². The highest BCUT2D eigenvalue weighted by Crippen LogP contribution is 2.13. The number of ether oxygens (including phenoxy) is 2. The third-order valence-corrected chi connectivity index (χ3v) is 3.00. The minimum Gasteiger partial charge on any atom is -0.385 e. The average Bonchev–Trinajstić information content (AvgIpc) is 2.46. The molecule has 4 nitrogen and oxygen atoms in total. The first-order chi connectivity index (χ1) is 9.71. The van der Waals surface area contributed by atoms with Crippen molar-refractivity contribution < 1.29 is 13.9 Å². The summed E-state index contributed by atoms with van der Waals surface area (Å²) < 4.78 is 23.9. The predicted molar refractivity (Wildman–Crippen MR) is 74.8 cm³/mol. The molecule has 0 atom stereocenters. The highest BCUT2D eigenvalue weighted by Gasteiger charge is 2.10. The third kappa shape index (κ3) is 5.66. The van der Waals surface area contributed by atoms with Crippen molar-refractivity contribution in [1.82, 2.24) is 4.90 Å². The lowest BCUT2D eigenvalue weighted by Gasteiger charge is -2.22. The number of halogens is 1. The molecule has 0 aliphatic rings. The number of hydrogen-bond donors (Lipinski definition) is 0. The Morgan fingerprint density at radius 2 is 1.95 bits per heavy atom. The summed E-state index contributed by atoms with van der Waals surface area (Å²) in [5.74, 6) is -0.279. The SMILES string of the molecule is COCCCN(CCOC)Cc1cc(C#N)ccc1F. The number of benzene rings is 1. The van der Waals surface area contributed by atoms with E-state index in [1.54, 1.807) is 20.3 Å². The van der Waals surface area contributed by atoms with Crippen molar-refractivity contribution in [3.05, 3.63) is 35.1 Å². The summed E-state index contributed by atoms with van der Waals surface area (Å²) in [5.41, 5.74) is 1.02. The monoisotopic (exact) mass is 280 g/mol. The van der Waals surface area contributed by atoms with Gasteiger partial charge in [0.05, 0.1) is 18.2 Å². The van der Waals surface area contributed by atoms with Crippen LogP contribution in [0.1, 0.15) is 17.5 Å². The van der Waals surface area contributed by atoms with E-state index in [2.05, 4.69) is 4.90 Å². The Morgan fingerprint density at radius 1 is 1.20 bits per heavy atom. The van der Waals surface area contributed by atoms with Crippen LogP contribution in [-0.4, -0.2) is 45.4 Å². The van der Waals surface area contributed by atoms with E-state index in [4.69, 9.17) is 14.7 Å². The average molecular weight is 280 g/mol. The molecular formula is C15H21FN2O2. The second kappa shape index (κ2) is 9.43. The summed E-state index contributed by atoms with van der Waals surface area (Å²) in [7, 11) is 3.31. The van der Waals surface area contributed by atoms with Gasteiger partial charge in [-0.25, -0.2) is 4.39 Å².